The van der Waals surface area contributed by atoms with Gasteiger partial charge in [-0.1, -0.05) is 6.92 Å². The van der Waals surface area contributed by atoms with Gasteiger partial charge in [0.1, 0.15) is 10.6 Å². The van der Waals surface area contributed by atoms with Crippen LogP contribution in [0.4, 0.5) is 11.8 Å². The van der Waals surface area contributed by atoms with Gasteiger partial charge in [-0.3, -0.25) is 0 Å². The fourth-order valence-electron chi connectivity index (χ4n) is 1.87. The van der Waals surface area contributed by atoms with Crippen LogP contribution in [0.5, 0.6) is 0 Å². The molecule has 2 aromatic heterocycles. The number of aromatic nitrogens is 2. The van der Waals surface area contributed by atoms with E-state index in [9.17, 15) is 10.2 Å². The van der Waals surface area contributed by atoms with E-state index in [1.165, 1.54) is 0 Å². The smallest absolute Gasteiger partial charge is 0.226 e. The molecule has 0 saturated heterocycles. The lowest BCUT2D eigenvalue weighted by Gasteiger charge is -2.27. The Hall–Kier alpha value is -1.44. The third-order valence-electron chi connectivity index (χ3n) is 3.17. The molecular weight excluding hydrogens is 288 g/mol. The number of thiophene rings is 1. The Balaban J connectivity index is 2.43. The number of hydrogen-bond acceptors (Lipinski definition) is 7. The first-order valence-corrected chi connectivity index (χ1v) is 7.85. The van der Waals surface area contributed by atoms with Gasteiger partial charge in [-0.15, -0.1) is 11.3 Å². The topological polar surface area (TPSA) is 90.3 Å². The van der Waals surface area contributed by atoms with Crippen LogP contribution in [-0.4, -0.2) is 45.5 Å². The summed E-state index contributed by atoms with van der Waals surface area (Å²) in [6.45, 7) is 6.28. The van der Waals surface area contributed by atoms with Crippen molar-refractivity contribution in [2.24, 2.45) is 0 Å². The van der Waals surface area contributed by atoms with Gasteiger partial charge in [0.25, 0.3) is 0 Å². The summed E-state index contributed by atoms with van der Waals surface area (Å²) in [4.78, 5) is 11.0. The van der Waals surface area contributed by atoms with Crippen molar-refractivity contribution in [1.29, 1.82) is 0 Å². The van der Waals surface area contributed by atoms with E-state index >= 15 is 0 Å². The molecule has 0 atom stereocenters. The summed E-state index contributed by atoms with van der Waals surface area (Å²) >= 11 is 1.60. The largest absolute Gasteiger partial charge is 0.394 e. The number of aryl methyl sites for hydroxylation is 1. The average Bonchev–Trinajstić information content (AvgIpc) is 2.85. The molecule has 0 fully saturated rings. The maximum absolute atomic E-state index is 9.46. The number of nitrogens with zero attached hydrogens (tertiary/aromatic N) is 2. The summed E-state index contributed by atoms with van der Waals surface area (Å²) < 4.78 is 0. The quantitative estimate of drug-likeness (QED) is 0.625. The van der Waals surface area contributed by atoms with Crippen molar-refractivity contribution in [2.75, 3.05) is 30.4 Å². The molecule has 4 N–H and O–H groups in total. The number of aliphatic hydroxyl groups excluding tert-OH is 2. The Bertz CT molecular complexity index is 610. The molecule has 2 aromatic rings. The van der Waals surface area contributed by atoms with Crippen molar-refractivity contribution in [3.05, 3.63) is 10.9 Å². The van der Waals surface area contributed by atoms with Gasteiger partial charge in [-0.25, -0.2) is 4.98 Å². The van der Waals surface area contributed by atoms with E-state index in [0.717, 1.165) is 28.1 Å². The van der Waals surface area contributed by atoms with E-state index in [1.54, 1.807) is 18.3 Å². The summed E-state index contributed by atoms with van der Waals surface area (Å²) in [5.74, 6) is 1.19. The number of nitrogens with one attached hydrogen (secondary N) is 2. The monoisotopic (exact) mass is 310 g/mol. The van der Waals surface area contributed by atoms with Gasteiger partial charge in [0.05, 0.1) is 24.1 Å². The van der Waals surface area contributed by atoms with Crippen LogP contribution in [0.25, 0.3) is 10.2 Å². The minimum Gasteiger partial charge on any atom is -0.394 e. The maximum atomic E-state index is 9.46. The SMILES string of the molecule is CCCNc1nc(NC(C)(CO)CO)c2cc(C)sc2n1. The second-order valence-electron chi connectivity index (χ2n) is 5.40. The molecule has 0 bridgehead atoms. The molecule has 0 aliphatic rings. The first-order chi connectivity index (χ1) is 10.0. The van der Waals surface area contributed by atoms with Crippen molar-refractivity contribution in [1.82, 2.24) is 9.97 Å². The number of anilines is 2. The fraction of sp³-hybridized carbons (Fsp3) is 0.571. The van der Waals surface area contributed by atoms with E-state index in [2.05, 4.69) is 27.5 Å². The van der Waals surface area contributed by atoms with Crippen molar-refractivity contribution < 1.29 is 10.2 Å². The molecular formula is C14H22N4O2S. The average molecular weight is 310 g/mol. The van der Waals surface area contributed by atoms with Gasteiger partial charge in [-0.05, 0) is 26.3 Å². The Kier molecular flexibility index (Phi) is 4.97. The summed E-state index contributed by atoms with van der Waals surface area (Å²) in [5.41, 5.74) is -0.820. The second kappa shape index (κ2) is 6.55. The molecule has 116 valence electrons. The molecule has 0 amide bonds. The fourth-order valence-corrected chi connectivity index (χ4v) is 2.75. The van der Waals surface area contributed by atoms with E-state index in [0.29, 0.717) is 11.8 Å². The Morgan fingerprint density at radius 3 is 2.62 bits per heavy atom. The van der Waals surface area contributed by atoms with Crippen LogP contribution in [0, 0.1) is 6.92 Å². The summed E-state index contributed by atoms with van der Waals surface area (Å²) in [7, 11) is 0. The van der Waals surface area contributed by atoms with E-state index in [4.69, 9.17) is 0 Å². The predicted octanol–water partition coefficient (Wildman–Crippen LogP) is 1.98. The Morgan fingerprint density at radius 2 is 2.00 bits per heavy atom. The molecule has 2 rings (SSSR count). The molecule has 0 unspecified atom stereocenters. The highest BCUT2D eigenvalue weighted by Crippen LogP contribution is 2.31. The third-order valence-corrected chi connectivity index (χ3v) is 4.11. The number of aliphatic hydroxyl groups is 2. The number of rotatable bonds is 7. The molecule has 0 aliphatic carbocycles. The van der Waals surface area contributed by atoms with Crippen molar-refractivity contribution >= 4 is 33.3 Å². The van der Waals surface area contributed by atoms with E-state index in [-0.39, 0.29) is 13.2 Å². The Labute approximate surface area is 128 Å². The van der Waals surface area contributed by atoms with Gasteiger partial charge in [-0.2, -0.15) is 4.98 Å². The minimum absolute atomic E-state index is 0.185. The van der Waals surface area contributed by atoms with Crippen LogP contribution in [0.15, 0.2) is 6.07 Å². The minimum atomic E-state index is -0.820. The van der Waals surface area contributed by atoms with Crippen LogP contribution in [0.2, 0.25) is 0 Å². The van der Waals surface area contributed by atoms with Crippen molar-refractivity contribution in [3.63, 3.8) is 0 Å². The lowest BCUT2D eigenvalue weighted by molar-refractivity contribution is 0.147. The molecule has 0 spiro atoms. The lowest BCUT2D eigenvalue weighted by atomic mass is 10.1. The van der Waals surface area contributed by atoms with Crippen molar-refractivity contribution in [3.8, 4) is 0 Å². The van der Waals surface area contributed by atoms with Crippen LogP contribution in [0.3, 0.4) is 0 Å². The predicted molar refractivity (Wildman–Crippen MR) is 87.1 cm³/mol. The zero-order valence-electron chi connectivity index (χ0n) is 12.6. The molecule has 0 aromatic carbocycles. The standard InChI is InChI=1S/C14H22N4O2S/c1-4-5-15-13-16-11(18-14(3,7-19)8-20)10-6-9(2)21-12(10)17-13/h6,19-20H,4-5,7-8H2,1-3H3,(H2,15,16,17,18). The summed E-state index contributed by atoms with van der Waals surface area (Å²) in [6.07, 6.45) is 0.985. The van der Waals surface area contributed by atoms with Crippen LogP contribution >= 0.6 is 11.3 Å². The van der Waals surface area contributed by atoms with Gasteiger partial charge < -0.3 is 20.8 Å². The molecule has 0 aliphatic heterocycles. The normalized spacial score (nSPS) is 11.9. The van der Waals surface area contributed by atoms with E-state index < -0.39 is 5.54 Å². The third kappa shape index (κ3) is 3.61. The molecule has 2 heterocycles. The highest BCUT2D eigenvalue weighted by Gasteiger charge is 2.24. The molecule has 0 saturated carbocycles. The second-order valence-corrected chi connectivity index (χ2v) is 6.64. The molecule has 6 nitrogen and oxygen atoms in total. The maximum Gasteiger partial charge on any atom is 0.226 e. The lowest BCUT2D eigenvalue weighted by Crippen LogP contribution is -2.42. The molecule has 7 heteroatoms. The van der Waals surface area contributed by atoms with Crippen LogP contribution in [0.1, 0.15) is 25.1 Å². The highest BCUT2D eigenvalue weighted by atomic mass is 32.1. The van der Waals surface area contributed by atoms with E-state index in [1.807, 2.05) is 13.0 Å². The molecule has 21 heavy (non-hydrogen) atoms. The Morgan fingerprint density at radius 1 is 1.29 bits per heavy atom. The molecule has 0 radical (unpaired) electrons. The van der Waals surface area contributed by atoms with Crippen molar-refractivity contribution in [2.45, 2.75) is 32.7 Å². The van der Waals surface area contributed by atoms with Gasteiger partial charge in [0, 0.05) is 11.4 Å². The van der Waals surface area contributed by atoms with Gasteiger partial charge in [0.2, 0.25) is 5.95 Å². The first-order valence-electron chi connectivity index (χ1n) is 7.03. The van der Waals surface area contributed by atoms with Crippen LogP contribution < -0.4 is 10.6 Å². The number of hydrogen-bond donors (Lipinski definition) is 4. The zero-order chi connectivity index (χ0) is 15.5. The van der Waals surface area contributed by atoms with Gasteiger partial charge in [0.15, 0.2) is 0 Å². The van der Waals surface area contributed by atoms with Crippen LogP contribution in [-0.2, 0) is 0 Å². The van der Waals surface area contributed by atoms with Gasteiger partial charge >= 0.3 is 0 Å². The summed E-state index contributed by atoms with van der Waals surface area (Å²) in [5, 5.41) is 26.1. The highest BCUT2D eigenvalue weighted by molar-refractivity contribution is 7.18. The zero-order valence-corrected chi connectivity index (χ0v) is 13.4. The first kappa shape index (κ1) is 15.9. The summed E-state index contributed by atoms with van der Waals surface area (Å²) in [6, 6.07) is 2.01. The number of fused-ring (bicyclic) bond motifs is 1.